The topological polar surface area (TPSA) is 111 Å². The first-order valence-electron chi connectivity index (χ1n) is 8.45. The fourth-order valence-corrected chi connectivity index (χ4v) is 2.04. The van der Waals surface area contributed by atoms with Crippen molar-refractivity contribution in [2.45, 2.75) is 47.1 Å². The zero-order chi connectivity index (χ0) is 19.0. The molecule has 0 bridgehead atoms. The molecule has 2 aromatic rings. The van der Waals surface area contributed by atoms with Gasteiger partial charge in [-0.3, -0.25) is 9.36 Å². The Morgan fingerprint density at radius 1 is 1.28 bits per heavy atom. The lowest BCUT2D eigenvalue weighted by Gasteiger charge is -2.38. The Kier molecular flexibility index (Phi) is 5.04. The van der Waals surface area contributed by atoms with Crippen LogP contribution in [0.3, 0.4) is 0 Å². The van der Waals surface area contributed by atoms with E-state index in [4.69, 9.17) is 5.73 Å². The Bertz CT molecular complexity index is 771. The molecule has 2 heterocycles. The molecule has 0 saturated heterocycles. The van der Waals surface area contributed by atoms with Crippen LogP contribution in [0.25, 0.3) is 11.2 Å². The molecule has 2 rings (SSSR count). The van der Waals surface area contributed by atoms with Crippen LogP contribution in [-0.4, -0.2) is 37.5 Å². The highest BCUT2D eigenvalue weighted by molar-refractivity contribution is 5.98. The number of imidazole rings is 1. The maximum Gasteiger partial charge on any atom is 0.228 e. The smallest absolute Gasteiger partial charge is 0.228 e. The number of aromatic nitrogens is 4. The molecule has 8 nitrogen and oxygen atoms in total. The molecular formula is C17H29N7O. The fraction of sp³-hybridized carbons (Fsp3) is 0.647. The Hall–Kier alpha value is -2.22. The van der Waals surface area contributed by atoms with Gasteiger partial charge in [0.15, 0.2) is 17.0 Å². The lowest BCUT2D eigenvalue weighted by atomic mass is 9.75. The zero-order valence-electron chi connectivity index (χ0n) is 16.1. The van der Waals surface area contributed by atoms with E-state index in [-0.39, 0.29) is 22.8 Å². The number of hydrogen-bond donors (Lipinski definition) is 3. The van der Waals surface area contributed by atoms with Gasteiger partial charge in [0.1, 0.15) is 6.33 Å². The first-order valence-corrected chi connectivity index (χ1v) is 8.45. The predicted molar refractivity (Wildman–Crippen MR) is 100 cm³/mol. The molecule has 2 aromatic heterocycles. The molecule has 0 aliphatic carbocycles. The molecule has 0 unspecified atom stereocenters. The molecule has 1 amide bonds. The van der Waals surface area contributed by atoms with Crippen molar-refractivity contribution in [1.82, 2.24) is 19.5 Å². The lowest BCUT2D eigenvalue weighted by Crippen LogP contribution is -2.50. The minimum atomic E-state index is -0.346. The maximum absolute atomic E-state index is 12.0. The fourth-order valence-electron chi connectivity index (χ4n) is 2.04. The van der Waals surface area contributed by atoms with Crippen LogP contribution >= 0.6 is 0 Å². The van der Waals surface area contributed by atoms with E-state index < -0.39 is 0 Å². The molecule has 138 valence electrons. The molecule has 8 heteroatoms. The van der Waals surface area contributed by atoms with E-state index in [1.807, 2.05) is 39.3 Å². The number of amides is 1. The highest BCUT2D eigenvalue weighted by Crippen LogP contribution is 2.29. The molecule has 25 heavy (non-hydrogen) atoms. The van der Waals surface area contributed by atoms with Gasteiger partial charge < -0.3 is 16.4 Å². The Balaban J connectivity index is 2.31. The largest absolute Gasteiger partial charge is 0.355 e. The Morgan fingerprint density at radius 2 is 1.92 bits per heavy atom. The summed E-state index contributed by atoms with van der Waals surface area (Å²) < 4.78 is 1.85. The van der Waals surface area contributed by atoms with Gasteiger partial charge in [-0.1, -0.05) is 27.7 Å². The number of nitrogens with one attached hydrogen (secondary N) is 2. The van der Waals surface area contributed by atoms with Crippen LogP contribution in [0.2, 0.25) is 0 Å². The number of rotatable bonds is 6. The number of carbonyl (C=O) groups is 1. The number of hydrogen-bond acceptors (Lipinski definition) is 6. The summed E-state index contributed by atoms with van der Waals surface area (Å²) in [5, 5.41) is 6.15. The van der Waals surface area contributed by atoms with Crippen LogP contribution in [0.1, 0.15) is 41.5 Å². The average Bonchev–Trinajstić information content (AvgIpc) is 2.82. The van der Waals surface area contributed by atoms with Crippen LogP contribution in [0.4, 0.5) is 11.8 Å². The number of fused-ring (bicyclic) bond motifs is 1. The number of aryl methyl sites for hydroxylation is 1. The second kappa shape index (κ2) is 6.59. The van der Waals surface area contributed by atoms with Crippen LogP contribution in [0.5, 0.6) is 0 Å². The maximum atomic E-state index is 12.0. The molecule has 0 aliphatic heterocycles. The van der Waals surface area contributed by atoms with E-state index in [0.29, 0.717) is 29.5 Å². The van der Waals surface area contributed by atoms with E-state index in [9.17, 15) is 4.79 Å². The Morgan fingerprint density at radius 3 is 2.48 bits per heavy atom. The van der Waals surface area contributed by atoms with Gasteiger partial charge in [-0.2, -0.15) is 0 Å². The highest BCUT2D eigenvalue weighted by Gasteiger charge is 2.33. The molecule has 0 fully saturated rings. The normalized spacial score (nSPS) is 12.7. The van der Waals surface area contributed by atoms with Gasteiger partial charge >= 0.3 is 0 Å². The van der Waals surface area contributed by atoms with Crippen LogP contribution in [0, 0.1) is 11.3 Å². The third-order valence-corrected chi connectivity index (χ3v) is 4.85. The van der Waals surface area contributed by atoms with E-state index in [1.54, 1.807) is 0 Å². The predicted octanol–water partition coefficient (Wildman–Crippen LogP) is 2.13. The van der Waals surface area contributed by atoms with E-state index in [2.05, 4.69) is 39.4 Å². The summed E-state index contributed by atoms with van der Waals surface area (Å²) in [7, 11) is 1.87. The number of nitrogens with two attached hydrogens (primary N) is 1. The van der Waals surface area contributed by atoms with Crippen molar-refractivity contribution < 1.29 is 4.79 Å². The van der Waals surface area contributed by atoms with Gasteiger partial charge in [-0.25, -0.2) is 15.0 Å². The quantitative estimate of drug-likeness (QED) is 0.738. The zero-order valence-corrected chi connectivity index (χ0v) is 16.1. The SMILES string of the molecule is CC(C)C(=O)Nc1ncnc2c1nc(NCC(C)(C)C(C)(C)N)n2C. The number of anilines is 2. The van der Waals surface area contributed by atoms with Gasteiger partial charge in [0, 0.05) is 25.0 Å². The molecule has 0 radical (unpaired) electrons. The Labute approximate surface area is 148 Å². The van der Waals surface area contributed by atoms with Crippen molar-refractivity contribution >= 4 is 28.8 Å². The van der Waals surface area contributed by atoms with Crippen molar-refractivity contribution in [1.29, 1.82) is 0 Å². The van der Waals surface area contributed by atoms with E-state index >= 15 is 0 Å². The molecule has 0 spiro atoms. The van der Waals surface area contributed by atoms with Crippen molar-refractivity contribution in [2.75, 3.05) is 17.2 Å². The van der Waals surface area contributed by atoms with Crippen molar-refractivity contribution in [3.63, 3.8) is 0 Å². The molecular weight excluding hydrogens is 318 g/mol. The molecule has 0 saturated carbocycles. The standard InChI is InChI=1S/C17H29N7O/c1-10(2)14(25)23-12-11-13(21-9-20-12)24(7)15(22-11)19-8-16(3,4)17(5,6)18/h9-10H,8,18H2,1-7H3,(H,19,22)(H,20,21,23,25). The minimum Gasteiger partial charge on any atom is -0.355 e. The van der Waals surface area contributed by atoms with Crippen molar-refractivity contribution in [2.24, 2.45) is 24.1 Å². The van der Waals surface area contributed by atoms with Crippen LogP contribution in [0.15, 0.2) is 6.33 Å². The monoisotopic (exact) mass is 347 g/mol. The van der Waals surface area contributed by atoms with Gasteiger partial charge in [-0.05, 0) is 19.3 Å². The van der Waals surface area contributed by atoms with E-state index in [1.165, 1.54) is 6.33 Å². The average molecular weight is 347 g/mol. The minimum absolute atomic E-state index is 0.105. The summed E-state index contributed by atoms with van der Waals surface area (Å²) in [5.74, 6) is 0.837. The second-order valence-electron chi connectivity index (χ2n) is 7.99. The van der Waals surface area contributed by atoms with E-state index in [0.717, 1.165) is 0 Å². The lowest BCUT2D eigenvalue weighted by molar-refractivity contribution is -0.118. The van der Waals surface area contributed by atoms with Crippen molar-refractivity contribution in [3.05, 3.63) is 6.33 Å². The van der Waals surface area contributed by atoms with Crippen LogP contribution in [-0.2, 0) is 11.8 Å². The summed E-state index contributed by atoms with van der Waals surface area (Å²) in [6.45, 7) is 12.5. The number of carbonyl (C=O) groups excluding carboxylic acids is 1. The highest BCUT2D eigenvalue weighted by atomic mass is 16.1. The third kappa shape index (κ3) is 3.89. The molecule has 4 N–H and O–H groups in total. The third-order valence-electron chi connectivity index (χ3n) is 4.85. The summed E-state index contributed by atoms with van der Waals surface area (Å²) in [4.78, 5) is 25.0. The molecule has 0 aromatic carbocycles. The first-order chi connectivity index (χ1) is 11.4. The second-order valence-corrected chi connectivity index (χ2v) is 7.99. The van der Waals surface area contributed by atoms with Gasteiger partial charge in [0.2, 0.25) is 11.9 Å². The molecule has 0 aliphatic rings. The molecule has 0 atom stereocenters. The van der Waals surface area contributed by atoms with Crippen LogP contribution < -0.4 is 16.4 Å². The summed E-state index contributed by atoms with van der Waals surface area (Å²) in [6.07, 6.45) is 1.43. The van der Waals surface area contributed by atoms with Gasteiger partial charge in [0.25, 0.3) is 0 Å². The summed E-state index contributed by atoms with van der Waals surface area (Å²) in [5.41, 5.74) is 6.98. The first kappa shape index (κ1) is 19.1. The number of nitrogens with zero attached hydrogens (tertiary/aromatic N) is 4. The van der Waals surface area contributed by atoms with Crippen molar-refractivity contribution in [3.8, 4) is 0 Å². The summed E-state index contributed by atoms with van der Waals surface area (Å²) in [6, 6.07) is 0. The van der Waals surface area contributed by atoms with Gasteiger partial charge in [0.05, 0.1) is 0 Å². The summed E-state index contributed by atoms with van der Waals surface area (Å²) >= 11 is 0. The van der Waals surface area contributed by atoms with Gasteiger partial charge in [-0.15, -0.1) is 0 Å².